The van der Waals surface area contributed by atoms with Crippen molar-refractivity contribution in [2.24, 2.45) is 0 Å². The van der Waals surface area contributed by atoms with Crippen molar-refractivity contribution >= 4 is 10.9 Å². The molecule has 114 valence electrons. The molecule has 0 aliphatic carbocycles. The summed E-state index contributed by atoms with van der Waals surface area (Å²) < 4.78 is 8.35. The molecule has 1 aromatic heterocycles. The summed E-state index contributed by atoms with van der Waals surface area (Å²) in [6.45, 7) is 9.30. The van der Waals surface area contributed by atoms with Crippen molar-refractivity contribution in [2.45, 2.75) is 40.3 Å². The molecule has 0 unspecified atom stereocenters. The Labute approximate surface area is 132 Å². The monoisotopic (exact) mass is 293 g/mol. The van der Waals surface area contributed by atoms with E-state index in [-0.39, 0.29) is 0 Å². The molecule has 0 N–H and O–H groups in total. The first kappa shape index (κ1) is 14.7. The third kappa shape index (κ3) is 2.74. The van der Waals surface area contributed by atoms with Gasteiger partial charge in [0, 0.05) is 23.2 Å². The molecular weight excluding hydrogens is 270 g/mol. The number of nitrogens with zero attached hydrogens (tertiary/aromatic N) is 1. The predicted molar refractivity (Wildman–Crippen MR) is 92.6 cm³/mol. The van der Waals surface area contributed by atoms with Gasteiger partial charge in [-0.2, -0.15) is 0 Å². The number of hydrogen-bond acceptors (Lipinski definition) is 1. The van der Waals surface area contributed by atoms with Crippen LogP contribution in [-0.4, -0.2) is 4.57 Å². The minimum absolute atomic E-state index is 0.441. The van der Waals surface area contributed by atoms with Crippen LogP contribution < -0.4 is 4.74 Å². The van der Waals surface area contributed by atoms with Crippen molar-refractivity contribution in [3.63, 3.8) is 0 Å². The Morgan fingerprint density at radius 3 is 2.55 bits per heavy atom. The summed E-state index contributed by atoms with van der Waals surface area (Å²) in [5.41, 5.74) is 5.10. The first-order valence-corrected chi connectivity index (χ1v) is 7.85. The second-order valence-corrected chi connectivity index (χ2v) is 6.23. The van der Waals surface area contributed by atoms with E-state index < -0.39 is 0 Å². The number of fused-ring (bicyclic) bond motifs is 1. The number of benzene rings is 2. The van der Waals surface area contributed by atoms with Crippen LogP contribution in [0.2, 0.25) is 0 Å². The van der Waals surface area contributed by atoms with Crippen LogP contribution in [0.3, 0.4) is 0 Å². The van der Waals surface area contributed by atoms with Crippen LogP contribution in [0.5, 0.6) is 5.75 Å². The standard InChI is InChI=1S/C20H23NO/c1-14(2)21-12-17(19-10-6-8-16(4)20(19)21)13-22-18-9-5-7-15(3)11-18/h5-12,14H,13H2,1-4H3. The van der Waals surface area contributed by atoms with E-state index in [9.17, 15) is 0 Å². The number of rotatable bonds is 4. The Hall–Kier alpha value is -2.22. The van der Waals surface area contributed by atoms with Crippen molar-refractivity contribution in [2.75, 3.05) is 0 Å². The van der Waals surface area contributed by atoms with Gasteiger partial charge in [0.25, 0.3) is 0 Å². The molecule has 0 aliphatic heterocycles. The number of para-hydroxylation sites is 1. The van der Waals surface area contributed by atoms with Crippen LogP contribution in [-0.2, 0) is 6.61 Å². The Bertz CT molecular complexity index is 799. The highest BCUT2D eigenvalue weighted by Crippen LogP contribution is 2.28. The summed E-state index contributed by atoms with van der Waals surface area (Å²) in [6.07, 6.45) is 2.23. The lowest BCUT2D eigenvalue weighted by Crippen LogP contribution is -1.99. The molecule has 2 aromatic carbocycles. The molecule has 0 amide bonds. The van der Waals surface area contributed by atoms with Gasteiger partial charge in [0.1, 0.15) is 12.4 Å². The van der Waals surface area contributed by atoms with Crippen LogP contribution in [0.4, 0.5) is 0 Å². The van der Waals surface area contributed by atoms with Crippen LogP contribution in [0.1, 0.15) is 36.6 Å². The molecule has 0 radical (unpaired) electrons. The third-order valence-electron chi connectivity index (χ3n) is 4.08. The first-order chi connectivity index (χ1) is 10.6. The van der Waals surface area contributed by atoms with Crippen molar-refractivity contribution in [3.8, 4) is 5.75 Å². The second-order valence-electron chi connectivity index (χ2n) is 6.23. The maximum Gasteiger partial charge on any atom is 0.120 e. The van der Waals surface area contributed by atoms with Gasteiger partial charge < -0.3 is 9.30 Å². The third-order valence-corrected chi connectivity index (χ3v) is 4.08. The Morgan fingerprint density at radius 2 is 1.82 bits per heavy atom. The van der Waals surface area contributed by atoms with Gasteiger partial charge in [0.15, 0.2) is 0 Å². The van der Waals surface area contributed by atoms with E-state index in [0.29, 0.717) is 12.6 Å². The lowest BCUT2D eigenvalue weighted by atomic mass is 10.1. The highest BCUT2D eigenvalue weighted by Gasteiger charge is 2.12. The average molecular weight is 293 g/mol. The van der Waals surface area contributed by atoms with Crippen LogP contribution in [0, 0.1) is 13.8 Å². The van der Waals surface area contributed by atoms with Gasteiger partial charge in [0.2, 0.25) is 0 Å². The fraction of sp³-hybridized carbons (Fsp3) is 0.300. The molecule has 0 spiro atoms. The Balaban J connectivity index is 1.96. The molecule has 0 atom stereocenters. The van der Waals surface area contributed by atoms with Gasteiger partial charge in [-0.05, 0) is 51.0 Å². The van der Waals surface area contributed by atoms with E-state index in [1.165, 1.54) is 27.6 Å². The van der Waals surface area contributed by atoms with E-state index in [1.54, 1.807) is 0 Å². The maximum atomic E-state index is 6.00. The fourth-order valence-corrected chi connectivity index (χ4v) is 2.95. The van der Waals surface area contributed by atoms with Gasteiger partial charge in [0.05, 0.1) is 5.52 Å². The SMILES string of the molecule is Cc1cccc(OCc2cn(C(C)C)c3c(C)cccc23)c1. The molecule has 3 rings (SSSR count). The zero-order valence-corrected chi connectivity index (χ0v) is 13.8. The minimum Gasteiger partial charge on any atom is -0.489 e. The van der Waals surface area contributed by atoms with Crippen LogP contribution in [0.25, 0.3) is 10.9 Å². The molecule has 0 fully saturated rings. The van der Waals surface area contributed by atoms with Gasteiger partial charge in [-0.15, -0.1) is 0 Å². The summed E-state index contributed by atoms with van der Waals surface area (Å²) in [5.74, 6) is 0.929. The normalized spacial score (nSPS) is 11.3. The molecule has 0 aliphatic rings. The van der Waals surface area contributed by atoms with E-state index >= 15 is 0 Å². The number of aromatic nitrogens is 1. The molecule has 3 aromatic rings. The van der Waals surface area contributed by atoms with Gasteiger partial charge in [-0.1, -0.05) is 30.3 Å². The average Bonchev–Trinajstić information content (AvgIpc) is 2.86. The first-order valence-electron chi connectivity index (χ1n) is 7.85. The van der Waals surface area contributed by atoms with Gasteiger partial charge >= 0.3 is 0 Å². The summed E-state index contributed by atoms with van der Waals surface area (Å²) in [5, 5.41) is 1.29. The van der Waals surface area contributed by atoms with Crippen LogP contribution >= 0.6 is 0 Å². The van der Waals surface area contributed by atoms with Gasteiger partial charge in [-0.3, -0.25) is 0 Å². The second kappa shape index (κ2) is 5.88. The minimum atomic E-state index is 0.441. The molecule has 2 nitrogen and oxygen atoms in total. The highest BCUT2D eigenvalue weighted by molar-refractivity contribution is 5.86. The number of ether oxygens (including phenoxy) is 1. The van der Waals surface area contributed by atoms with E-state index in [0.717, 1.165) is 5.75 Å². The van der Waals surface area contributed by atoms with Crippen molar-refractivity contribution in [1.29, 1.82) is 0 Å². The zero-order valence-electron chi connectivity index (χ0n) is 13.8. The smallest absolute Gasteiger partial charge is 0.120 e. The van der Waals surface area contributed by atoms with Crippen LogP contribution in [0.15, 0.2) is 48.7 Å². The highest BCUT2D eigenvalue weighted by atomic mass is 16.5. The van der Waals surface area contributed by atoms with Crippen molar-refractivity contribution in [1.82, 2.24) is 4.57 Å². The summed E-state index contributed by atoms with van der Waals surface area (Å²) in [4.78, 5) is 0. The topological polar surface area (TPSA) is 14.2 Å². The van der Waals surface area contributed by atoms with E-state index in [1.807, 2.05) is 12.1 Å². The summed E-state index contributed by atoms with van der Waals surface area (Å²) in [7, 11) is 0. The molecule has 1 heterocycles. The molecule has 2 heteroatoms. The molecule has 0 saturated carbocycles. The van der Waals surface area contributed by atoms with Gasteiger partial charge in [-0.25, -0.2) is 0 Å². The largest absolute Gasteiger partial charge is 0.489 e. The Kier molecular flexibility index (Phi) is 3.93. The summed E-state index contributed by atoms with van der Waals surface area (Å²) >= 11 is 0. The quantitative estimate of drug-likeness (QED) is 0.626. The van der Waals surface area contributed by atoms with E-state index in [4.69, 9.17) is 4.74 Å². The molecule has 0 bridgehead atoms. The van der Waals surface area contributed by atoms with Crippen molar-refractivity contribution < 1.29 is 4.74 Å². The fourth-order valence-electron chi connectivity index (χ4n) is 2.95. The number of aryl methyl sites for hydroxylation is 2. The lowest BCUT2D eigenvalue weighted by molar-refractivity contribution is 0.307. The van der Waals surface area contributed by atoms with Crippen molar-refractivity contribution in [3.05, 3.63) is 65.4 Å². The predicted octanol–water partition coefficient (Wildman–Crippen LogP) is 5.42. The molecule has 22 heavy (non-hydrogen) atoms. The molecule has 0 saturated heterocycles. The maximum absolute atomic E-state index is 6.00. The van der Waals surface area contributed by atoms with E-state index in [2.05, 4.69) is 68.8 Å². The lowest BCUT2D eigenvalue weighted by Gasteiger charge is -2.10. The Morgan fingerprint density at radius 1 is 1.05 bits per heavy atom. The summed E-state index contributed by atoms with van der Waals surface area (Å²) in [6, 6.07) is 15.1. The zero-order chi connectivity index (χ0) is 15.7. The molecular formula is C20H23NO. The number of hydrogen-bond donors (Lipinski definition) is 0.